The molecule has 7 nitrogen and oxygen atoms in total. The number of aliphatic carboxylic acids is 1. The molecule has 1 unspecified atom stereocenters. The lowest BCUT2D eigenvalue weighted by Gasteiger charge is -2.30. The highest BCUT2D eigenvalue weighted by Gasteiger charge is 2.20. The Morgan fingerprint density at radius 3 is 1.86 bits per heavy atom. The van der Waals surface area contributed by atoms with Crippen LogP contribution in [0.4, 0.5) is 4.79 Å². The largest absolute Gasteiger partial charge is 0.550 e. The molecule has 0 fully saturated rings. The van der Waals surface area contributed by atoms with Crippen LogP contribution in [0.5, 0.6) is 0 Å². The third-order valence-corrected chi connectivity index (χ3v) is 4.58. The zero-order valence-electron chi connectivity index (χ0n) is 18.6. The molecule has 0 aromatic carbocycles. The lowest BCUT2D eigenvalue weighted by atomic mass is 10.1. The van der Waals surface area contributed by atoms with Gasteiger partial charge >= 0.3 is 6.03 Å². The molecule has 0 aliphatic heterocycles. The molecule has 0 saturated carbocycles. The van der Waals surface area contributed by atoms with Crippen molar-refractivity contribution in [1.82, 2.24) is 10.6 Å². The van der Waals surface area contributed by atoms with Crippen molar-refractivity contribution in [3.8, 4) is 0 Å². The average molecular weight is 402 g/mol. The molecule has 2 N–H and O–H groups in total. The van der Waals surface area contributed by atoms with Crippen molar-refractivity contribution < 1.29 is 23.9 Å². The van der Waals surface area contributed by atoms with Crippen LogP contribution in [0, 0.1) is 0 Å². The van der Waals surface area contributed by atoms with Crippen molar-refractivity contribution in [2.75, 3.05) is 47.9 Å². The fourth-order valence-electron chi connectivity index (χ4n) is 3.25. The Labute approximate surface area is 171 Å². The predicted molar refractivity (Wildman–Crippen MR) is 111 cm³/mol. The third-order valence-electron chi connectivity index (χ3n) is 4.58. The highest BCUT2D eigenvalue weighted by molar-refractivity contribution is 5.75. The molecule has 0 bridgehead atoms. The number of rotatable bonds is 18. The number of nitrogens with zero attached hydrogens (tertiary/aromatic N) is 1. The fraction of sp³-hybridized carbons (Fsp3) is 0.905. The van der Waals surface area contributed by atoms with Gasteiger partial charge < -0.3 is 29.8 Å². The van der Waals surface area contributed by atoms with Crippen LogP contribution in [0.15, 0.2) is 0 Å². The smallest absolute Gasteiger partial charge is 0.315 e. The molecule has 0 aliphatic rings. The standard InChI is InChI=1S/C21H43N3O4/c1-24(2,3)18-19(17-20(25)26)23-21(27)22-15-13-11-9-7-5-6-8-10-12-14-16-28-4/h19H,5-18H2,1-4H3,(H2-,22,23,25,26,27). The van der Waals surface area contributed by atoms with Gasteiger partial charge in [-0.1, -0.05) is 51.4 Å². The molecule has 0 saturated heterocycles. The molecule has 0 aromatic rings. The maximum absolute atomic E-state index is 12.0. The van der Waals surface area contributed by atoms with E-state index in [0.717, 1.165) is 19.4 Å². The number of likely N-dealkylation sites (N-methyl/N-ethyl adjacent to an activating group) is 1. The van der Waals surface area contributed by atoms with Crippen molar-refractivity contribution in [3.63, 3.8) is 0 Å². The number of hydrogen-bond donors (Lipinski definition) is 2. The highest BCUT2D eigenvalue weighted by Crippen LogP contribution is 2.10. The molecule has 1 atom stereocenters. The predicted octanol–water partition coefficient (Wildman–Crippen LogP) is 2.05. The Morgan fingerprint density at radius 1 is 0.893 bits per heavy atom. The van der Waals surface area contributed by atoms with Gasteiger partial charge in [-0.3, -0.25) is 0 Å². The molecule has 7 heteroatoms. The van der Waals surface area contributed by atoms with Gasteiger partial charge in [0, 0.05) is 32.7 Å². The molecule has 0 aromatic heterocycles. The summed E-state index contributed by atoms with van der Waals surface area (Å²) in [5.41, 5.74) is 0. The number of ether oxygens (including phenoxy) is 1. The maximum atomic E-state index is 12.0. The van der Waals surface area contributed by atoms with Crippen LogP contribution in [0.3, 0.4) is 0 Å². The first-order chi connectivity index (χ1) is 13.2. The Hall–Kier alpha value is -1.34. The monoisotopic (exact) mass is 401 g/mol. The Kier molecular flexibility index (Phi) is 15.8. The topological polar surface area (TPSA) is 90.5 Å². The molecule has 0 rings (SSSR count). The molecule has 0 heterocycles. The number of urea groups is 1. The normalized spacial score (nSPS) is 12.6. The van der Waals surface area contributed by atoms with Gasteiger partial charge in [-0.25, -0.2) is 4.79 Å². The van der Waals surface area contributed by atoms with Crippen LogP contribution in [-0.4, -0.2) is 70.5 Å². The zero-order chi connectivity index (χ0) is 21.3. The number of carboxylic acids is 1. The number of carboxylic acid groups (broad SMARTS) is 1. The van der Waals surface area contributed by atoms with Crippen LogP contribution >= 0.6 is 0 Å². The van der Waals surface area contributed by atoms with Crippen molar-refractivity contribution in [3.05, 3.63) is 0 Å². The van der Waals surface area contributed by atoms with E-state index in [9.17, 15) is 14.7 Å². The second kappa shape index (κ2) is 16.6. The zero-order valence-corrected chi connectivity index (χ0v) is 18.6. The summed E-state index contributed by atoms with van der Waals surface area (Å²) in [5.74, 6) is -1.14. The van der Waals surface area contributed by atoms with E-state index in [1.807, 2.05) is 21.1 Å². The minimum absolute atomic E-state index is 0.171. The minimum atomic E-state index is -1.14. The summed E-state index contributed by atoms with van der Waals surface area (Å²) < 4.78 is 5.62. The fourth-order valence-corrected chi connectivity index (χ4v) is 3.25. The van der Waals surface area contributed by atoms with Gasteiger partial charge in [-0.15, -0.1) is 0 Å². The van der Waals surface area contributed by atoms with Gasteiger partial charge in [0.2, 0.25) is 0 Å². The molecule has 0 radical (unpaired) electrons. The number of quaternary nitrogens is 1. The summed E-state index contributed by atoms with van der Waals surface area (Å²) in [6.45, 7) is 2.03. The lowest BCUT2D eigenvalue weighted by Crippen LogP contribution is -2.53. The van der Waals surface area contributed by atoms with Crippen molar-refractivity contribution >= 4 is 12.0 Å². The summed E-state index contributed by atoms with van der Waals surface area (Å²) in [5, 5.41) is 16.4. The van der Waals surface area contributed by atoms with Crippen LogP contribution in [-0.2, 0) is 9.53 Å². The van der Waals surface area contributed by atoms with Crippen LogP contribution in [0.1, 0.15) is 70.6 Å². The molecule has 28 heavy (non-hydrogen) atoms. The number of hydrogen-bond acceptors (Lipinski definition) is 4. The first-order valence-corrected chi connectivity index (χ1v) is 10.8. The van der Waals surface area contributed by atoms with Gasteiger partial charge in [0.15, 0.2) is 0 Å². The molecular weight excluding hydrogens is 358 g/mol. The van der Waals surface area contributed by atoms with Crippen molar-refractivity contribution in [2.45, 2.75) is 76.7 Å². The summed E-state index contributed by atoms with van der Waals surface area (Å²) >= 11 is 0. The molecule has 0 spiro atoms. The lowest BCUT2D eigenvalue weighted by molar-refractivity contribution is -0.871. The van der Waals surface area contributed by atoms with E-state index < -0.39 is 12.0 Å². The van der Waals surface area contributed by atoms with E-state index in [1.54, 1.807) is 7.11 Å². The number of unbranched alkanes of at least 4 members (excludes halogenated alkanes) is 9. The van der Waals surface area contributed by atoms with E-state index in [-0.39, 0.29) is 12.5 Å². The average Bonchev–Trinajstić information content (AvgIpc) is 2.56. The number of amides is 2. The van der Waals surface area contributed by atoms with E-state index in [0.29, 0.717) is 17.6 Å². The number of methoxy groups -OCH3 is 1. The van der Waals surface area contributed by atoms with Gasteiger partial charge in [0.05, 0.1) is 33.7 Å². The Balaban J connectivity index is 3.63. The summed E-state index contributed by atoms with van der Waals surface area (Å²) in [6, 6.07) is -0.729. The maximum Gasteiger partial charge on any atom is 0.315 e. The Morgan fingerprint density at radius 2 is 1.39 bits per heavy atom. The summed E-state index contributed by atoms with van der Waals surface area (Å²) in [4.78, 5) is 22.8. The number of carbonyl (C=O) groups excluding carboxylic acids is 2. The second-order valence-electron chi connectivity index (χ2n) is 8.67. The van der Waals surface area contributed by atoms with Crippen LogP contribution < -0.4 is 15.7 Å². The summed E-state index contributed by atoms with van der Waals surface area (Å²) in [7, 11) is 7.64. The van der Waals surface area contributed by atoms with Crippen LogP contribution in [0.25, 0.3) is 0 Å². The SMILES string of the molecule is COCCCCCCCCCCCCNC(=O)NC(CC(=O)[O-])C[N+](C)(C)C. The molecule has 166 valence electrons. The highest BCUT2D eigenvalue weighted by atomic mass is 16.5. The van der Waals surface area contributed by atoms with Gasteiger partial charge in [0.1, 0.15) is 0 Å². The third kappa shape index (κ3) is 19.4. The molecule has 2 amide bonds. The number of carbonyl (C=O) groups is 2. The van der Waals surface area contributed by atoms with Crippen molar-refractivity contribution in [1.29, 1.82) is 0 Å². The van der Waals surface area contributed by atoms with Crippen molar-refractivity contribution in [2.24, 2.45) is 0 Å². The summed E-state index contributed by atoms with van der Waals surface area (Å²) in [6.07, 6.45) is 12.0. The molecule has 0 aliphatic carbocycles. The first kappa shape index (κ1) is 26.7. The number of nitrogens with one attached hydrogen (secondary N) is 2. The van der Waals surface area contributed by atoms with Gasteiger partial charge in [0.25, 0.3) is 0 Å². The van der Waals surface area contributed by atoms with E-state index >= 15 is 0 Å². The van der Waals surface area contributed by atoms with Crippen LogP contribution in [0.2, 0.25) is 0 Å². The van der Waals surface area contributed by atoms with E-state index in [4.69, 9.17) is 4.74 Å². The van der Waals surface area contributed by atoms with E-state index in [1.165, 1.54) is 51.4 Å². The minimum Gasteiger partial charge on any atom is -0.550 e. The first-order valence-electron chi connectivity index (χ1n) is 10.8. The quantitative estimate of drug-likeness (QED) is 0.272. The van der Waals surface area contributed by atoms with E-state index in [2.05, 4.69) is 10.6 Å². The molecular formula is C21H43N3O4. The van der Waals surface area contributed by atoms with Gasteiger partial charge in [-0.2, -0.15) is 0 Å². The Bertz CT molecular complexity index is 411. The van der Waals surface area contributed by atoms with Gasteiger partial charge in [-0.05, 0) is 12.8 Å². The second-order valence-corrected chi connectivity index (χ2v) is 8.67.